The highest BCUT2D eigenvalue weighted by Crippen LogP contribution is 2.23. The van der Waals surface area contributed by atoms with Crippen LogP contribution in [0.4, 0.5) is 5.69 Å². The molecule has 2 aromatic carbocycles. The Morgan fingerprint density at radius 3 is 2.46 bits per heavy atom. The maximum atomic E-state index is 11.1. The van der Waals surface area contributed by atoms with Crippen molar-refractivity contribution in [3.8, 4) is 0 Å². The maximum Gasteiger partial charge on any atom is 0.240 e. The van der Waals surface area contributed by atoms with E-state index in [9.17, 15) is 4.79 Å². The summed E-state index contributed by atoms with van der Waals surface area (Å²) in [6.07, 6.45) is 1.11. The van der Waals surface area contributed by atoms with Gasteiger partial charge >= 0.3 is 0 Å². The fourth-order valence-electron chi connectivity index (χ4n) is 2.40. The highest BCUT2D eigenvalue weighted by molar-refractivity contribution is 6.18. The zero-order valence-corrected chi connectivity index (χ0v) is 13.8. The molecule has 1 unspecified atom stereocenters. The molecule has 0 saturated carbocycles. The van der Waals surface area contributed by atoms with Crippen LogP contribution in [0.15, 0.2) is 69.9 Å². The van der Waals surface area contributed by atoms with Crippen LogP contribution in [-0.4, -0.2) is 17.5 Å². The number of hydrogen-bond acceptors (Lipinski definition) is 4. The fraction of sp³-hybridized carbons (Fsp3) is 0.222. The Morgan fingerprint density at radius 2 is 1.83 bits per heavy atom. The molecular weight excluding hydrogens is 324 g/mol. The van der Waals surface area contributed by atoms with Gasteiger partial charge in [0.1, 0.15) is 6.04 Å². The third-order valence-corrected chi connectivity index (χ3v) is 4.04. The minimum absolute atomic E-state index is 0.0443. The minimum Gasteiger partial charge on any atom is -0.273 e. The van der Waals surface area contributed by atoms with Gasteiger partial charge in [0.15, 0.2) is 0 Å². The van der Waals surface area contributed by atoms with Crippen molar-refractivity contribution in [3.05, 3.63) is 65.7 Å². The molecule has 0 aliphatic carbocycles. The van der Waals surface area contributed by atoms with Crippen molar-refractivity contribution < 1.29 is 4.79 Å². The Labute approximate surface area is 145 Å². The summed E-state index contributed by atoms with van der Waals surface area (Å²) >= 11 is 6.00. The van der Waals surface area contributed by atoms with Gasteiger partial charge in [-0.15, -0.1) is 11.6 Å². The Morgan fingerprint density at radius 1 is 1.08 bits per heavy atom. The molecule has 3 rings (SSSR count). The van der Waals surface area contributed by atoms with Crippen molar-refractivity contribution in [2.45, 2.75) is 18.9 Å². The molecule has 0 bridgehead atoms. The summed E-state index contributed by atoms with van der Waals surface area (Å²) in [7, 11) is 0. The number of alkyl halides is 1. The summed E-state index contributed by atoms with van der Waals surface area (Å²) in [6, 6.07) is 17.3. The van der Waals surface area contributed by atoms with Crippen LogP contribution in [0.25, 0.3) is 0 Å². The van der Waals surface area contributed by atoms with Crippen molar-refractivity contribution in [2.24, 2.45) is 15.3 Å². The number of nitrogens with zero attached hydrogens (tertiary/aromatic N) is 3. The molecule has 0 fully saturated rings. The van der Waals surface area contributed by atoms with E-state index in [0.717, 1.165) is 22.5 Å². The molecule has 0 spiro atoms. The van der Waals surface area contributed by atoms with E-state index in [2.05, 4.69) is 20.8 Å². The Hall–Kier alpha value is -2.53. The van der Waals surface area contributed by atoms with Crippen LogP contribution in [0, 0.1) is 0 Å². The van der Waals surface area contributed by atoms with Crippen molar-refractivity contribution in [1.82, 2.24) is 5.43 Å². The second kappa shape index (κ2) is 7.84. The summed E-state index contributed by atoms with van der Waals surface area (Å²) in [4.78, 5) is 11.1. The standard InChI is InChI=1S/C18H17ClN4O/c19-12-17(13-4-2-1-3-5-13)22-20-15-8-6-14(7-9-15)16-10-11-18(24)23-21-16/h1-9,17H,10-12H2,(H,23,24). The lowest BCUT2D eigenvalue weighted by atomic mass is 10.0. The zero-order chi connectivity index (χ0) is 16.8. The topological polar surface area (TPSA) is 66.2 Å². The average Bonchev–Trinajstić information content (AvgIpc) is 2.64. The minimum atomic E-state index is -0.162. The third-order valence-electron chi connectivity index (χ3n) is 3.75. The second-order valence-corrected chi connectivity index (χ2v) is 5.75. The molecule has 1 atom stereocenters. The van der Waals surface area contributed by atoms with Crippen LogP contribution in [0.5, 0.6) is 0 Å². The monoisotopic (exact) mass is 340 g/mol. The Kier molecular flexibility index (Phi) is 5.33. The predicted molar refractivity (Wildman–Crippen MR) is 94.8 cm³/mol. The van der Waals surface area contributed by atoms with Crippen LogP contribution in [0.1, 0.15) is 30.0 Å². The first-order chi connectivity index (χ1) is 11.8. The fourth-order valence-corrected chi connectivity index (χ4v) is 2.64. The highest BCUT2D eigenvalue weighted by atomic mass is 35.5. The molecule has 1 amide bonds. The van der Waals surface area contributed by atoms with E-state index in [-0.39, 0.29) is 11.9 Å². The first-order valence-corrected chi connectivity index (χ1v) is 8.27. The molecule has 1 heterocycles. The Bertz CT molecular complexity index is 756. The molecule has 0 radical (unpaired) electrons. The van der Waals surface area contributed by atoms with E-state index in [0.29, 0.717) is 18.7 Å². The van der Waals surface area contributed by atoms with Gasteiger partial charge in [-0.2, -0.15) is 15.3 Å². The first-order valence-electron chi connectivity index (χ1n) is 7.74. The lowest BCUT2D eigenvalue weighted by Gasteiger charge is -2.12. The molecule has 24 heavy (non-hydrogen) atoms. The first kappa shape index (κ1) is 16.3. The van der Waals surface area contributed by atoms with Crippen molar-refractivity contribution in [1.29, 1.82) is 0 Å². The van der Waals surface area contributed by atoms with Crippen LogP contribution in [-0.2, 0) is 4.79 Å². The molecule has 0 aromatic heterocycles. The van der Waals surface area contributed by atoms with Gasteiger partial charge in [-0.05, 0) is 23.3 Å². The van der Waals surface area contributed by atoms with Gasteiger partial charge in [0.25, 0.3) is 0 Å². The number of halogens is 1. The zero-order valence-electron chi connectivity index (χ0n) is 13.0. The second-order valence-electron chi connectivity index (χ2n) is 5.44. The van der Waals surface area contributed by atoms with Crippen molar-refractivity contribution in [2.75, 3.05) is 5.88 Å². The van der Waals surface area contributed by atoms with E-state index in [1.54, 1.807) is 0 Å². The molecular formula is C18H17ClN4O. The molecule has 6 heteroatoms. The van der Waals surface area contributed by atoms with E-state index in [1.807, 2.05) is 54.6 Å². The molecule has 122 valence electrons. The van der Waals surface area contributed by atoms with Gasteiger partial charge in [-0.3, -0.25) is 4.79 Å². The summed E-state index contributed by atoms with van der Waals surface area (Å²) in [5, 5.41) is 12.7. The van der Waals surface area contributed by atoms with Crippen LogP contribution >= 0.6 is 11.6 Å². The van der Waals surface area contributed by atoms with Crippen LogP contribution in [0.3, 0.4) is 0 Å². The van der Waals surface area contributed by atoms with Crippen molar-refractivity contribution in [3.63, 3.8) is 0 Å². The van der Waals surface area contributed by atoms with Gasteiger partial charge < -0.3 is 0 Å². The number of rotatable bonds is 5. The van der Waals surface area contributed by atoms with E-state index < -0.39 is 0 Å². The normalized spacial score (nSPS) is 15.9. The average molecular weight is 341 g/mol. The molecule has 0 saturated heterocycles. The smallest absolute Gasteiger partial charge is 0.240 e. The number of carbonyl (C=O) groups excluding carboxylic acids is 1. The number of amides is 1. The third kappa shape index (κ3) is 4.06. The molecule has 1 N–H and O–H groups in total. The van der Waals surface area contributed by atoms with Crippen LogP contribution in [0.2, 0.25) is 0 Å². The van der Waals surface area contributed by atoms with Gasteiger partial charge in [0, 0.05) is 12.8 Å². The number of benzene rings is 2. The molecule has 5 nitrogen and oxygen atoms in total. The number of azo groups is 1. The summed E-state index contributed by atoms with van der Waals surface area (Å²) in [5.41, 5.74) is 6.15. The quantitative estimate of drug-likeness (QED) is 0.637. The van der Waals surface area contributed by atoms with Gasteiger partial charge in [0.2, 0.25) is 5.91 Å². The predicted octanol–water partition coefficient (Wildman–Crippen LogP) is 4.36. The molecule has 2 aromatic rings. The number of hydrazone groups is 1. The summed E-state index contributed by atoms with van der Waals surface area (Å²) in [6.45, 7) is 0. The Balaban J connectivity index is 1.70. The SMILES string of the molecule is O=C1CCC(c2ccc(N=NC(CCl)c3ccccc3)cc2)=NN1. The summed E-state index contributed by atoms with van der Waals surface area (Å²) < 4.78 is 0. The van der Waals surface area contributed by atoms with E-state index in [1.165, 1.54) is 0 Å². The van der Waals surface area contributed by atoms with Crippen molar-refractivity contribution >= 4 is 28.9 Å². The van der Waals surface area contributed by atoms with Gasteiger partial charge in [-0.1, -0.05) is 42.5 Å². The molecule has 1 aliphatic rings. The number of nitrogens with one attached hydrogen (secondary N) is 1. The lowest BCUT2D eigenvalue weighted by molar-refractivity contribution is -0.121. The van der Waals surface area contributed by atoms with Gasteiger partial charge in [0.05, 0.1) is 17.3 Å². The van der Waals surface area contributed by atoms with Gasteiger partial charge in [-0.25, -0.2) is 5.43 Å². The summed E-state index contributed by atoms with van der Waals surface area (Å²) in [5.74, 6) is 0.333. The maximum absolute atomic E-state index is 11.1. The molecule has 1 aliphatic heterocycles. The largest absolute Gasteiger partial charge is 0.273 e. The van der Waals surface area contributed by atoms with E-state index >= 15 is 0 Å². The van der Waals surface area contributed by atoms with E-state index in [4.69, 9.17) is 11.6 Å². The number of hydrogen-bond donors (Lipinski definition) is 1. The highest BCUT2D eigenvalue weighted by Gasteiger charge is 2.13. The number of carbonyl (C=O) groups is 1. The van der Waals surface area contributed by atoms with Crippen LogP contribution < -0.4 is 5.43 Å². The lowest BCUT2D eigenvalue weighted by Crippen LogP contribution is -2.25.